The van der Waals surface area contributed by atoms with Crippen molar-refractivity contribution in [2.45, 2.75) is 111 Å². The van der Waals surface area contributed by atoms with Crippen molar-refractivity contribution in [3.8, 4) is 6.07 Å². The molecule has 0 aromatic carbocycles. The molecule has 2 unspecified atom stereocenters. The zero-order valence-electron chi connectivity index (χ0n) is 25.8. The lowest BCUT2D eigenvalue weighted by atomic mass is 9.51. The Labute approximate surface area is 253 Å². The van der Waals surface area contributed by atoms with E-state index in [1.807, 2.05) is 19.9 Å². The molecule has 230 valence electrons. The molecule has 4 nitrogen and oxygen atoms in total. The highest BCUT2D eigenvalue weighted by Gasteiger charge is 2.56. The molecule has 0 spiro atoms. The maximum Gasteiger partial charge on any atom is 0.399 e. The number of carbonyl (C=O) groups is 2. The van der Waals surface area contributed by atoms with Crippen LogP contribution in [0.1, 0.15) is 99.3 Å². The summed E-state index contributed by atoms with van der Waals surface area (Å²) in [5, 5.41) is 9.89. The molecule has 8 heteroatoms. The van der Waals surface area contributed by atoms with Gasteiger partial charge in [0.2, 0.25) is 0 Å². The van der Waals surface area contributed by atoms with Gasteiger partial charge in [-0.15, -0.1) is 0 Å². The summed E-state index contributed by atoms with van der Waals surface area (Å²) in [6.45, 7) is 12.6. The van der Waals surface area contributed by atoms with Crippen LogP contribution in [-0.2, 0) is 9.59 Å². The van der Waals surface area contributed by atoms with Gasteiger partial charge in [0, 0.05) is 27.9 Å². The number of halogens is 3. The van der Waals surface area contributed by atoms with Gasteiger partial charge in [-0.1, -0.05) is 71.2 Å². The molecular weight excluding hydrogens is 557 g/mol. The first-order chi connectivity index (χ1) is 19.4. The third-order valence-corrected chi connectivity index (χ3v) is 12.9. The topological polar surface area (TPSA) is 70.0 Å². The van der Waals surface area contributed by atoms with Gasteiger partial charge in [-0.2, -0.15) is 18.4 Å². The molecule has 2 saturated carbocycles. The smallest absolute Gasteiger partial charge is 0.293 e. The number of fused-ring (bicyclic) bond motifs is 9. The lowest BCUT2D eigenvalue weighted by Crippen LogP contribution is -2.54. The van der Waals surface area contributed by atoms with Gasteiger partial charge in [-0.3, -0.25) is 14.3 Å². The van der Waals surface area contributed by atoms with Gasteiger partial charge in [0.1, 0.15) is 11.8 Å². The first-order valence-corrected chi connectivity index (χ1v) is 16.5. The summed E-state index contributed by atoms with van der Waals surface area (Å²) >= 11 is 0.742. The first kappa shape index (κ1) is 31.6. The maximum atomic E-state index is 14.6. The molecule has 42 heavy (non-hydrogen) atoms. The van der Waals surface area contributed by atoms with E-state index >= 15 is 0 Å². The number of nitrogens with one attached hydrogen (secondary N) is 1. The summed E-state index contributed by atoms with van der Waals surface area (Å²) in [5.41, 5.74) is -0.377. The number of rotatable bonds is 3. The van der Waals surface area contributed by atoms with E-state index in [0.717, 1.165) is 80.9 Å². The summed E-state index contributed by atoms with van der Waals surface area (Å²) in [4.78, 5) is 28.0. The van der Waals surface area contributed by atoms with E-state index in [2.05, 4.69) is 44.6 Å². The number of hydrogen-bond donors (Lipinski definition) is 1. The third kappa shape index (κ3) is 5.36. The van der Waals surface area contributed by atoms with Gasteiger partial charge in [0.05, 0.1) is 5.57 Å². The number of Topliss-reactive ketones (excluding diaryl/α,β-unsaturated/α-hetero) is 1. The van der Waals surface area contributed by atoms with Gasteiger partial charge >= 0.3 is 6.18 Å². The number of allylic oxidation sites excluding steroid dienone is 5. The molecule has 0 heterocycles. The normalized spacial score (nSPS) is 40.7. The minimum atomic E-state index is -4.27. The van der Waals surface area contributed by atoms with Crippen molar-refractivity contribution in [1.82, 2.24) is 4.72 Å². The molecule has 5 aliphatic carbocycles. The Bertz CT molecular complexity index is 1300. The standard InChI is InChI=1S/C34H45F3N2O2S/c1-29(2)11-13-33(39-42-20-34(35,36)37)14-12-31(5)17-24(25(33)18-29)26(40)15-23-8-7-22(31)9-10-27-30(3,4)28(41)21(19-38)16-32(23,27)6/h15-17,22,25,27,39H,7-14,18,20H2,1-6H3/b23-15+/t22-,25?,27+,31-,32-,33?/m1/s1. The second-order valence-electron chi connectivity index (χ2n) is 15.6. The van der Waals surface area contributed by atoms with E-state index in [1.54, 1.807) is 6.08 Å². The number of hydrogen-bond acceptors (Lipinski definition) is 5. The Morgan fingerprint density at radius 3 is 2.36 bits per heavy atom. The second kappa shape index (κ2) is 10.4. The van der Waals surface area contributed by atoms with E-state index in [1.165, 1.54) is 0 Å². The van der Waals surface area contributed by atoms with Crippen LogP contribution in [0.2, 0.25) is 0 Å². The molecule has 0 aromatic heterocycles. The van der Waals surface area contributed by atoms with Gasteiger partial charge in [-0.05, 0) is 86.5 Å². The molecule has 4 bridgehead atoms. The van der Waals surface area contributed by atoms with Crippen LogP contribution in [0.15, 0.2) is 34.9 Å². The average Bonchev–Trinajstić information content (AvgIpc) is 2.97. The van der Waals surface area contributed by atoms with Gasteiger partial charge < -0.3 is 0 Å². The van der Waals surface area contributed by atoms with Gasteiger partial charge in [0.15, 0.2) is 11.6 Å². The summed E-state index contributed by atoms with van der Waals surface area (Å²) < 4.78 is 43.0. The SMILES string of the molecule is CC1(C)CCC2(NSCC(F)(F)F)CC[C@]3(C)C=C(C(=O)/C=C4\CC[C@@H]3CC[C@H]3C(C)(C)C(=O)C(C#N)=C[C@]43C)C2C1. The van der Waals surface area contributed by atoms with Crippen molar-refractivity contribution < 1.29 is 22.8 Å². The van der Waals surface area contributed by atoms with Crippen LogP contribution in [0, 0.1) is 50.7 Å². The number of nitrogens with zero attached hydrogens (tertiary/aromatic N) is 1. The largest absolute Gasteiger partial charge is 0.399 e. The Hall–Kier alpha value is -1.85. The minimum Gasteiger partial charge on any atom is -0.293 e. The molecule has 0 amide bonds. The number of nitriles is 1. The van der Waals surface area contributed by atoms with Gasteiger partial charge in [-0.25, -0.2) is 0 Å². The maximum absolute atomic E-state index is 14.6. The molecule has 1 N–H and O–H groups in total. The van der Waals surface area contributed by atoms with Crippen LogP contribution < -0.4 is 4.72 Å². The van der Waals surface area contributed by atoms with Crippen molar-refractivity contribution in [3.63, 3.8) is 0 Å². The molecule has 6 atom stereocenters. The molecule has 0 aliphatic heterocycles. The van der Waals surface area contributed by atoms with Crippen molar-refractivity contribution in [2.24, 2.45) is 39.4 Å². The van der Waals surface area contributed by atoms with E-state index in [4.69, 9.17) is 0 Å². The molecule has 2 fully saturated rings. The van der Waals surface area contributed by atoms with Crippen molar-refractivity contribution in [3.05, 3.63) is 34.9 Å². The summed E-state index contributed by atoms with van der Waals surface area (Å²) in [5.74, 6) is -1.12. The Kier molecular flexibility index (Phi) is 7.79. The summed E-state index contributed by atoms with van der Waals surface area (Å²) in [7, 11) is 0. The monoisotopic (exact) mass is 602 g/mol. The minimum absolute atomic E-state index is 0.0417. The summed E-state index contributed by atoms with van der Waals surface area (Å²) in [6.07, 6.45) is 8.76. The van der Waals surface area contributed by atoms with E-state index in [-0.39, 0.29) is 45.7 Å². The second-order valence-corrected chi connectivity index (χ2v) is 16.4. The Balaban J connectivity index is 1.65. The van der Waals surface area contributed by atoms with Crippen LogP contribution in [0.4, 0.5) is 13.2 Å². The van der Waals surface area contributed by atoms with E-state index in [9.17, 15) is 28.0 Å². The third-order valence-electron chi connectivity index (χ3n) is 11.9. The zero-order valence-corrected chi connectivity index (χ0v) is 26.7. The number of ketones is 2. The lowest BCUT2D eigenvalue weighted by molar-refractivity contribution is -0.129. The molecule has 0 radical (unpaired) electrons. The van der Waals surface area contributed by atoms with E-state index < -0.39 is 28.3 Å². The van der Waals surface area contributed by atoms with Crippen molar-refractivity contribution in [2.75, 3.05) is 5.75 Å². The van der Waals surface area contributed by atoms with E-state index in [0.29, 0.717) is 0 Å². The van der Waals surface area contributed by atoms with Crippen LogP contribution in [0.3, 0.4) is 0 Å². The van der Waals surface area contributed by atoms with Crippen LogP contribution in [-0.4, -0.2) is 29.0 Å². The zero-order chi connectivity index (χ0) is 30.9. The number of alkyl halides is 3. The summed E-state index contributed by atoms with van der Waals surface area (Å²) in [6, 6.07) is 2.14. The lowest BCUT2D eigenvalue weighted by Gasteiger charge is -2.52. The highest BCUT2D eigenvalue weighted by Crippen LogP contribution is 2.60. The number of carbonyl (C=O) groups excluding carboxylic acids is 2. The van der Waals surface area contributed by atoms with Crippen LogP contribution in [0.5, 0.6) is 0 Å². The predicted octanol–water partition coefficient (Wildman–Crippen LogP) is 8.46. The van der Waals surface area contributed by atoms with Crippen LogP contribution in [0.25, 0.3) is 0 Å². The molecule has 0 aromatic rings. The van der Waals surface area contributed by atoms with Crippen molar-refractivity contribution in [1.29, 1.82) is 5.26 Å². The molecule has 5 rings (SSSR count). The molecule has 0 saturated heterocycles. The van der Waals surface area contributed by atoms with Gasteiger partial charge in [0.25, 0.3) is 0 Å². The highest BCUT2D eigenvalue weighted by atomic mass is 32.2. The fourth-order valence-corrected chi connectivity index (χ4v) is 10.2. The van der Waals surface area contributed by atoms with Crippen LogP contribution >= 0.6 is 11.9 Å². The predicted molar refractivity (Wildman–Crippen MR) is 160 cm³/mol. The average molecular weight is 603 g/mol. The Morgan fingerprint density at radius 1 is 1.00 bits per heavy atom. The highest BCUT2D eigenvalue weighted by molar-refractivity contribution is 7.97. The fourth-order valence-electron chi connectivity index (χ4n) is 9.33. The first-order valence-electron chi connectivity index (χ1n) is 15.5. The molecular formula is C34H45F3N2O2S. The van der Waals surface area contributed by atoms with Crippen molar-refractivity contribution >= 4 is 23.5 Å². The fraction of sp³-hybridized carbons (Fsp3) is 0.735. The quantitative estimate of drug-likeness (QED) is 0.328. The Morgan fingerprint density at radius 2 is 1.69 bits per heavy atom. The molecule has 5 aliphatic rings.